The number of thioether (sulfide) groups is 1. The summed E-state index contributed by atoms with van der Waals surface area (Å²) in [5.41, 5.74) is 0.727. The van der Waals surface area contributed by atoms with E-state index in [9.17, 15) is 9.18 Å². The first kappa shape index (κ1) is 11.5. The van der Waals surface area contributed by atoms with E-state index in [-0.39, 0.29) is 17.7 Å². The average molecular weight is 240 g/mol. The van der Waals surface area contributed by atoms with Crippen LogP contribution in [0.25, 0.3) is 0 Å². The van der Waals surface area contributed by atoms with Crippen molar-refractivity contribution in [1.29, 1.82) is 0 Å². The van der Waals surface area contributed by atoms with Gasteiger partial charge in [-0.15, -0.1) is 11.8 Å². The fourth-order valence-corrected chi connectivity index (χ4v) is 2.51. The third kappa shape index (κ3) is 2.07. The fraction of sp³-hybridized carbons (Fsp3) is 0.417. The minimum atomic E-state index is -0.785. The van der Waals surface area contributed by atoms with Crippen molar-refractivity contribution >= 4 is 17.7 Å². The standard InChI is InChI=1S/C12H13FO2S/c1-16-10-6-8(2-3-9(10)13)12(4-5-12)7-11(14)15/h2-3,6H,4-5,7H2,1H3,(H,14,15). The molecule has 0 spiro atoms. The van der Waals surface area contributed by atoms with Crippen LogP contribution >= 0.6 is 11.8 Å². The van der Waals surface area contributed by atoms with E-state index in [4.69, 9.17) is 5.11 Å². The number of rotatable bonds is 4. The smallest absolute Gasteiger partial charge is 0.304 e. The number of carboxylic acid groups (broad SMARTS) is 1. The lowest BCUT2D eigenvalue weighted by atomic mass is 9.92. The third-order valence-corrected chi connectivity index (χ3v) is 3.86. The number of hydrogen-bond acceptors (Lipinski definition) is 2. The Bertz CT molecular complexity index is 427. The zero-order valence-corrected chi connectivity index (χ0v) is 9.81. The van der Waals surface area contributed by atoms with Crippen molar-refractivity contribution in [3.63, 3.8) is 0 Å². The highest BCUT2D eigenvalue weighted by Crippen LogP contribution is 2.51. The van der Waals surface area contributed by atoms with E-state index in [0.29, 0.717) is 4.90 Å². The molecule has 16 heavy (non-hydrogen) atoms. The number of hydrogen-bond donors (Lipinski definition) is 1. The van der Waals surface area contributed by atoms with Gasteiger partial charge in [0, 0.05) is 10.3 Å². The Morgan fingerprint density at radius 2 is 2.25 bits per heavy atom. The lowest BCUT2D eigenvalue weighted by molar-refractivity contribution is -0.137. The molecule has 0 aliphatic heterocycles. The van der Waals surface area contributed by atoms with Gasteiger partial charge in [-0.3, -0.25) is 4.79 Å². The van der Waals surface area contributed by atoms with Crippen LogP contribution in [0.2, 0.25) is 0 Å². The lowest BCUT2D eigenvalue weighted by Gasteiger charge is -2.14. The van der Waals surface area contributed by atoms with E-state index in [1.54, 1.807) is 12.1 Å². The molecule has 0 radical (unpaired) electrons. The third-order valence-electron chi connectivity index (χ3n) is 3.11. The summed E-state index contributed by atoms with van der Waals surface area (Å²) in [6.45, 7) is 0. The average Bonchev–Trinajstić information content (AvgIpc) is 2.98. The SMILES string of the molecule is CSc1cc(C2(CC(=O)O)CC2)ccc1F. The second-order valence-electron chi connectivity index (χ2n) is 4.20. The van der Waals surface area contributed by atoms with E-state index in [0.717, 1.165) is 18.4 Å². The van der Waals surface area contributed by atoms with Gasteiger partial charge in [0.1, 0.15) is 5.82 Å². The molecular weight excluding hydrogens is 227 g/mol. The highest BCUT2D eigenvalue weighted by atomic mass is 32.2. The molecule has 0 unspecified atom stereocenters. The van der Waals surface area contributed by atoms with Crippen LogP contribution in [0.1, 0.15) is 24.8 Å². The van der Waals surface area contributed by atoms with Gasteiger partial charge in [0.05, 0.1) is 6.42 Å². The Morgan fingerprint density at radius 1 is 1.56 bits per heavy atom. The molecule has 1 fully saturated rings. The van der Waals surface area contributed by atoms with Crippen molar-refractivity contribution in [1.82, 2.24) is 0 Å². The van der Waals surface area contributed by atoms with Gasteiger partial charge in [0.25, 0.3) is 0 Å². The molecule has 2 nitrogen and oxygen atoms in total. The van der Waals surface area contributed by atoms with Gasteiger partial charge >= 0.3 is 5.97 Å². The quantitative estimate of drug-likeness (QED) is 0.822. The van der Waals surface area contributed by atoms with Crippen molar-refractivity contribution in [2.24, 2.45) is 0 Å². The molecule has 1 saturated carbocycles. The van der Waals surface area contributed by atoms with Gasteiger partial charge in [-0.1, -0.05) is 6.07 Å². The van der Waals surface area contributed by atoms with E-state index in [2.05, 4.69) is 0 Å². The summed E-state index contributed by atoms with van der Waals surface area (Å²) in [5, 5.41) is 8.85. The molecule has 86 valence electrons. The lowest BCUT2D eigenvalue weighted by Crippen LogP contribution is -2.13. The zero-order valence-electron chi connectivity index (χ0n) is 9.00. The van der Waals surface area contributed by atoms with Gasteiger partial charge in [0.2, 0.25) is 0 Å². The second-order valence-corrected chi connectivity index (χ2v) is 5.05. The molecule has 1 aromatic rings. The van der Waals surface area contributed by atoms with Crippen LogP contribution in [0.15, 0.2) is 23.1 Å². The number of benzene rings is 1. The molecule has 1 N–H and O–H groups in total. The highest BCUT2D eigenvalue weighted by Gasteiger charge is 2.46. The minimum Gasteiger partial charge on any atom is -0.481 e. The molecule has 1 aliphatic carbocycles. The first-order valence-corrected chi connectivity index (χ1v) is 6.36. The second kappa shape index (κ2) is 4.09. The maximum Gasteiger partial charge on any atom is 0.304 e. The fourth-order valence-electron chi connectivity index (χ4n) is 2.00. The van der Waals surface area contributed by atoms with Gasteiger partial charge < -0.3 is 5.11 Å². The Hall–Kier alpha value is -1.03. The topological polar surface area (TPSA) is 37.3 Å². The van der Waals surface area contributed by atoms with Gasteiger partial charge in [-0.05, 0) is 36.8 Å². The molecule has 0 bridgehead atoms. The zero-order chi connectivity index (χ0) is 11.8. The first-order chi connectivity index (χ1) is 7.57. The van der Waals surface area contributed by atoms with Gasteiger partial charge in [0.15, 0.2) is 0 Å². The normalized spacial score (nSPS) is 17.1. The van der Waals surface area contributed by atoms with Crippen LogP contribution in [0.4, 0.5) is 4.39 Å². The molecule has 2 rings (SSSR count). The van der Waals surface area contributed by atoms with Crippen molar-refractivity contribution in [2.75, 3.05) is 6.26 Å². The van der Waals surface area contributed by atoms with Crippen LogP contribution in [0.3, 0.4) is 0 Å². The summed E-state index contributed by atoms with van der Waals surface area (Å²) < 4.78 is 13.3. The molecular formula is C12H13FO2S. The Balaban J connectivity index is 2.30. The summed E-state index contributed by atoms with van der Waals surface area (Å²) >= 11 is 1.35. The summed E-state index contributed by atoms with van der Waals surface area (Å²) in [6, 6.07) is 4.93. The summed E-state index contributed by atoms with van der Waals surface area (Å²) in [5.74, 6) is -1.02. The van der Waals surface area contributed by atoms with Crippen molar-refractivity contribution < 1.29 is 14.3 Å². The predicted molar refractivity (Wildman–Crippen MR) is 61.3 cm³/mol. The molecule has 0 atom stereocenters. The van der Waals surface area contributed by atoms with Gasteiger partial charge in [-0.25, -0.2) is 4.39 Å². The van der Waals surface area contributed by atoms with E-state index < -0.39 is 5.97 Å². The molecule has 0 amide bonds. The Morgan fingerprint density at radius 3 is 2.75 bits per heavy atom. The summed E-state index contributed by atoms with van der Waals surface area (Å²) in [7, 11) is 0. The molecule has 0 aromatic heterocycles. The van der Waals surface area contributed by atoms with Crippen LogP contribution in [-0.2, 0) is 10.2 Å². The molecule has 0 heterocycles. The number of halogens is 1. The summed E-state index contributed by atoms with van der Waals surface area (Å²) in [4.78, 5) is 11.4. The molecule has 4 heteroatoms. The number of carboxylic acids is 1. The minimum absolute atomic E-state index is 0.145. The number of aliphatic carboxylic acids is 1. The van der Waals surface area contributed by atoms with Crippen molar-refractivity contribution in [3.8, 4) is 0 Å². The summed E-state index contributed by atoms with van der Waals surface area (Å²) in [6.07, 6.45) is 3.74. The van der Waals surface area contributed by atoms with Crippen LogP contribution in [0.5, 0.6) is 0 Å². The molecule has 1 aromatic carbocycles. The predicted octanol–water partition coefficient (Wildman–Crippen LogP) is 3.05. The molecule has 1 aliphatic rings. The largest absolute Gasteiger partial charge is 0.481 e. The van der Waals surface area contributed by atoms with Crippen LogP contribution < -0.4 is 0 Å². The monoisotopic (exact) mass is 240 g/mol. The van der Waals surface area contributed by atoms with E-state index >= 15 is 0 Å². The number of carbonyl (C=O) groups is 1. The van der Waals surface area contributed by atoms with Gasteiger partial charge in [-0.2, -0.15) is 0 Å². The Kier molecular flexibility index (Phi) is 2.93. The van der Waals surface area contributed by atoms with Crippen LogP contribution in [-0.4, -0.2) is 17.3 Å². The maximum absolute atomic E-state index is 13.3. The maximum atomic E-state index is 13.3. The highest BCUT2D eigenvalue weighted by molar-refractivity contribution is 7.98. The van der Waals surface area contributed by atoms with E-state index in [1.807, 2.05) is 6.26 Å². The Labute approximate surface area is 97.9 Å². The van der Waals surface area contributed by atoms with Crippen LogP contribution in [0, 0.1) is 5.82 Å². The first-order valence-electron chi connectivity index (χ1n) is 5.13. The van der Waals surface area contributed by atoms with E-state index in [1.165, 1.54) is 17.8 Å². The molecule has 0 saturated heterocycles. The van der Waals surface area contributed by atoms with Crippen molar-refractivity contribution in [2.45, 2.75) is 29.6 Å². The van der Waals surface area contributed by atoms with Crippen molar-refractivity contribution in [3.05, 3.63) is 29.6 Å².